The molecule has 5 heteroatoms. The minimum Gasteiger partial charge on any atom is -0.333 e. The van der Waals surface area contributed by atoms with Crippen LogP contribution in [0.5, 0.6) is 0 Å². The second kappa shape index (κ2) is 9.46. The SMILES string of the molecule is Cc1cccc(-n2c(C(C)N(CC(C)C)C(=O)CC(C)C)nc3ccccc3c2=O)c1. The number of hydrogen-bond donors (Lipinski definition) is 0. The molecule has 1 aromatic heterocycles. The Morgan fingerprint density at radius 3 is 2.35 bits per heavy atom. The standard InChI is InChI=1S/C26H33N3O2/c1-17(2)14-24(30)28(16-18(3)4)20(6)25-27-23-13-8-7-12-22(23)26(31)29(25)21-11-9-10-19(5)15-21/h7-13,15,17-18,20H,14,16H2,1-6H3. The lowest BCUT2D eigenvalue weighted by atomic mass is 10.1. The summed E-state index contributed by atoms with van der Waals surface area (Å²) in [5.74, 6) is 1.25. The van der Waals surface area contributed by atoms with Gasteiger partial charge >= 0.3 is 0 Å². The smallest absolute Gasteiger partial charge is 0.266 e. The van der Waals surface area contributed by atoms with Crippen LogP contribution in [0.25, 0.3) is 16.6 Å². The highest BCUT2D eigenvalue weighted by molar-refractivity contribution is 5.79. The van der Waals surface area contributed by atoms with Crippen LogP contribution in [0.3, 0.4) is 0 Å². The normalized spacial score (nSPS) is 12.5. The number of para-hydroxylation sites is 1. The van der Waals surface area contributed by atoms with E-state index in [-0.39, 0.29) is 23.4 Å². The average molecular weight is 420 g/mol. The first-order chi connectivity index (χ1) is 14.7. The van der Waals surface area contributed by atoms with Crippen molar-refractivity contribution in [1.29, 1.82) is 0 Å². The summed E-state index contributed by atoms with van der Waals surface area (Å²) >= 11 is 0. The fourth-order valence-corrected chi connectivity index (χ4v) is 3.92. The summed E-state index contributed by atoms with van der Waals surface area (Å²) < 4.78 is 1.68. The lowest BCUT2D eigenvalue weighted by Gasteiger charge is -2.32. The third kappa shape index (κ3) is 5.04. The number of aryl methyl sites for hydroxylation is 1. The van der Waals surface area contributed by atoms with Crippen molar-refractivity contribution in [2.45, 2.75) is 54.0 Å². The second-order valence-corrected chi connectivity index (χ2v) is 9.18. The maximum absolute atomic E-state index is 13.6. The summed E-state index contributed by atoms with van der Waals surface area (Å²) in [6, 6.07) is 14.9. The number of hydrogen-bond acceptors (Lipinski definition) is 3. The van der Waals surface area contributed by atoms with Crippen molar-refractivity contribution in [3.63, 3.8) is 0 Å². The van der Waals surface area contributed by atoms with Crippen LogP contribution in [0.2, 0.25) is 0 Å². The molecule has 1 atom stereocenters. The Morgan fingerprint density at radius 2 is 1.71 bits per heavy atom. The third-order valence-electron chi connectivity index (χ3n) is 5.37. The Hall–Kier alpha value is -2.95. The van der Waals surface area contributed by atoms with E-state index < -0.39 is 0 Å². The molecule has 5 nitrogen and oxygen atoms in total. The van der Waals surface area contributed by atoms with Crippen molar-refractivity contribution >= 4 is 16.8 Å². The van der Waals surface area contributed by atoms with Gasteiger partial charge in [-0.3, -0.25) is 14.2 Å². The maximum Gasteiger partial charge on any atom is 0.266 e. The molecular formula is C26H33N3O2. The summed E-state index contributed by atoms with van der Waals surface area (Å²) in [6.07, 6.45) is 0.472. The Bertz CT molecular complexity index is 1130. The lowest BCUT2D eigenvalue weighted by molar-refractivity contribution is -0.135. The van der Waals surface area contributed by atoms with Gasteiger partial charge in [0.1, 0.15) is 5.82 Å². The molecule has 3 rings (SSSR count). The number of amides is 1. The van der Waals surface area contributed by atoms with Gasteiger partial charge in [0.05, 0.1) is 22.6 Å². The van der Waals surface area contributed by atoms with E-state index in [0.717, 1.165) is 11.3 Å². The van der Waals surface area contributed by atoms with E-state index in [1.807, 2.05) is 75.1 Å². The summed E-state index contributed by atoms with van der Waals surface area (Å²) in [4.78, 5) is 33.5. The molecule has 0 aliphatic carbocycles. The van der Waals surface area contributed by atoms with Crippen molar-refractivity contribution in [3.8, 4) is 5.69 Å². The van der Waals surface area contributed by atoms with Crippen LogP contribution in [0, 0.1) is 18.8 Å². The number of benzene rings is 2. The molecule has 1 unspecified atom stereocenters. The molecule has 0 saturated carbocycles. The first-order valence-corrected chi connectivity index (χ1v) is 11.1. The minimum atomic E-state index is -0.341. The zero-order valence-corrected chi connectivity index (χ0v) is 19.4. The van der Waals surface area contributed by atoms with Crippen molar-refractivity contribution in [3.05, 3.63) is 70.3 Å². The lowest BCUT2D eigenvalue weighted by Crippen LogP contribution is -2.40. The van der Waals surface area contributed by atoms with Gasteiger partial charge in [-0.15, -0.1) is 0 Å². The van der Waals surface area contributed by atoms with Crippen LogP contribution in [0.15, 0.2) is 53.3 Å². The summed E-state index contributed by atoms with van der Waals surface area (Å²) in [5, 5.41) is 0.573. The van der Waals surface area contributed by atoms with Gasteiger partial charge in [0.25, 0.3) is 5.56 Å². The molecule has 0 saturated heterocycles. The van der Waals surface area contributed by atoms with Crippen LogP contribution in [-0.4, -0.2) is 26.9 Å². The van der Waals surface area contributed by atoms with Crippen LogP contribution in [0.1, 0.15) is 58.5 Å². The summed E-state index contributed by atoms with van der Waals surface area (Å²) in [5.41, 5.74) is 2.37. The molecule has 0 N–H and O–H groups in total. The Balaban J connectivity index is 2.24. The monoisotopic (exact) mass is 419 g/mol. The predicted octanol–water partition coefficient (Wildman–Crippen LogP) is 5.29. The van der Waals surface area contributed by atoms with E-state index >= 15 is 0 Å². The zero-order chi connectivity index (χ0) is 22.7. The topological polar surface area (TPSA) is 55.2 Å². The molecule has 31 heavy (non-hydrogen) atoms. The van der Waals surface area contributed by atoms with E-state index in [1.165, 1.54) is 0 Å². The molecule has 0 bridgehead atoms. The van der Waals surface area contributed by atoms with Crippen molar-refractivity contribution in [2.75, 3.05) is 6.54 Å². The third-order valence-corrected chi connectivity index (χ3v) is 5.37. The van der Waals surface area contributed by atoms with Crippen LogP contribution < -0.4 is 5.56 Å². The Labute approximate surface area is 184 Å². The number of carbonyl (C=O) groups is 1. The van der Waals surface area contributed by atoms with Crippen LogP contribution in [0.4, 0.5) is 0 Å². The van der Waals surface area contributed by atoms with E-state index in [4.69, 9.17) is 4.98 Å². The molecule has 1 heterocycles. The van der Waals surface area contributed by atoms with Crippen molar-refractivity contribution in [2.24, 2.45) is 11.8 Å². The number of rotatable bonds is 7. The number of nitrogens with zero attached hydrogens (tertiary/aromatic N) is 3. The first-order valence-electron chi connectivity index (χ1n) is 11.1. The quantitative estimate of drug-likeness (QED) is 0.523. The molecule has 3 aromatic rings. The highest BCUT2D eigenvalue weighted by Crippen LogP contribution is 2.25. The predicted molar refractivity (Wildman–Crippen MR) is 126 cm³/mol. The summed E-state index contributed by atoms with van der Waals surface area (Å²) in [6.45, 7) is 12.9. The molecular weight excluding hydrogens is 386 g/mol. The maximum atomic E-state index is 13.6. The van der Waals surface area contributed by atoms with Gasteiger partial charge in [0.2, 0.25) is 5.91 Å². The van der Waals surface area contributed by atoms with Crippen molar-refractivity contribution < 1.29 is 4.79 Å². The average Bonchev–Trinajstić information content (AvgIpc) is 2.70. The molecule has 0 fully saturated rings. The highest BCUT2D eigenvalue weighted by atomic mass is 16.2. The van der Waals surface area contributed by atoms with Gasteiger partial charge in [-0.05, 0) is 55.5 Å². The molecule has 164 valence electrons. The van der Waals surface area contributed by atoms with Gasteiger partial charge in [0, 0.05) is 13.0 Å². The Kier molecular flexibility index (Phi) is 6.94. The number of carbonyl (C=O) groups excluding carboxylic acids is 1. The zero-order valence-electron chi connectivity index (χ0n) is 19.4. The van der Waals surface area contributed by atoms with E-state index in [0.29, 0.717) is 35.6 Å². The first kappa shape index (κ1) is 22.7. The Morgan fingerprint density at radius 1 is 1.00 bits per heavy atom. The van der Waals surface area contributed by atoms with Crippen LogP contribution in [-0.2, 0) is 4.79 Å². The fourth-order valence-electron chi connectivity index (χ4n) is 3.92. The van der Waals surface area contributed by atoms with E-state index in [1.54, 1.807) is 10.6 Å². The second-order valence-electron chi connectivity index (χ2n) is 9.18. The minimum absolute atomic E-state index is 0.0920. The molecule has 2 aromatic carbocycles. The molecule has 0 radical (unpaired) electrons. The number of fused-ring (bicyclic) bond motifs is 1. The van der Waals surface area contributed by atoms with Gasteiger partial charge in [-0.25, -0.2) is 4.98 Å². The van der Waals surface area contributed by atoms with E-state index in [2.05, 4.69) is 13.8 Å². The van der Waals surface area contributed by atoms with Crippen molar-refractivity contribution in [1.82, 2.24) is 14.5 Å². The largest absolute Gasteiger partial charge is 0.333 e. The van der Waals surface area contributed by atoms with Gasteiger partial charge in [0.15, 0.2) is 0 Å². The van der Waals surface area contributed by atoms with Gasteiger partial charge < -0.3 is 4.90 Å². The molecule has 0 aliphatic heterocycles. The van der Waals surface area contributed by atoms with Gasteiger partial charge in [-0.1, -0.05) is 52.0 Å². The highest BCUT2D eigenvalue weighted by Gasteiger charge is 2.27. The van der Waals surface area contributed by atoms with E-state index in [9.17, 15) is 9.59 Å². The molecule has 1 amide bonds. The van der Waals surface area contributed by atoms with Crippen LogP contribution >= 0.6 is 0 Å². The molecule has 0 aliphatic rings. The fraction of sp³-hybridized carbons (Fsp3) is 0.423. The van der Waals surface area contributed by atoms with Gasteiger partial charge in [-0.2, -0.15) is 0 Å². The summed E-state index contributed by atoms with van der Waals surface area (Å²) in [7, 11) is 0. The number of aromatic nitrogens is 2. The molecule has 0 spiro atoms.